The van der Waals surface area contributed by atoms with Crippen LogP contribution in [0, 0.1) is 0 Å². The summed E-state index contributed by atoms with van der Waals surface area (Å²) in [5.74, 6) is 0.507. The fourth-order valence-corrected chi connectivity index (χ4v) is 1.62. The summed E-state index contributed by atoms with van der Waals surface area (Å²) < 4.78 is 5.47. The lowest BCUT2D eigenvalue weighted by Crippen LogP contribution is -1.96. The largest absolute Gasteiger partial charge is 0.473 e. The SMILES string of the molecule is Clc1cccc(COc2cccc(Cl)n2)c1. The lowest BCUT2D eigenvalue weighted by molar-refractivity contribution is 0.294. The molecular formula is C12H9Cl2NO. The zero-order chi connectivity index (χ0) is 11.4. The lowest BCUT2D eigenvalue weighted by atomic mass is 10.2. The maximum absolute atomic E-state index is 5.86. The first kappa shape index (κ1) is 11.2. The Morgan fingerprint density at radius 2 is 1.88 bits per heavy atom. The summed E-state index contributed by atoms with van der Waals surface area (Å²) in [6.45, 7) is 0.425. The van der Waals surface area contributed by atoms with Gasteiger partial charge in [0.05, 0.1) is 0 Å². The van der Waals surface area contributed by atoms with E-state index in [-0.39, 0.29) is 0 Å². The number of hydrogen-bond donors (Lipinski definition) is 0. The monoisotopic (exact) mass is 253 g/mol. The minimum Gasteiger partial charge on any atom is -0.473 e. The number of halogens is 2. The third-order valence-corrected chi connectivity index (χ3v) is 2.41. The maximum Gasteiger partial charge on any atom is 0.214 e. The number of rotatable bonds is 3. The zero-order valence-corrected chi connectivity index (χ0v) is 9.87. The molecule has 0 fully saturated rings. The molecular weight excluding hydrogens is 245 g/mol. The van der Waals surface area contributed by atoms with Crippen LogP contribution in [-0.4, -0.2) is 4.98 Å². The van der Waals surface area contributed by atoms with Crippen LogP contribution in [0.4, 0.5) is 0 Å². The second-order valence-electron chi connectivity index (χ2n) is 3.22. The molecule has 0 bridgehead atoms. The summed E-state index contributed by atoms with van der Waals surface area (Å²) in [7, 11) is 0. The van der Waals surface area contributed by atoms with E-state index in [2.05, 4.69) is 4.98 Å². The number of pyridine rings is 1. The van der Waals surface area contributed by atoms with Crippen molar-refractivity contribution in [1.82, 2.24) is 4.98 Å². The van der Waals surface area contributed by atoms with E-state index >= 15 is 0 Å². The Labute approximate surface area is 104 Å². The Hall–Kier alpha value is -1.25. The Morgan fingerprint density at radius 3 is 2.62 bits per heavy atom. The summed E-state index contributed by atoms with van der Waals surface area (Å²) in [6.07, 6.45) is 0. The van der Waals surface area contributed by atoms with Crippen molar-refractivity contribution in [3.8, 4) is 5.88 Å². The second kappa shape index (κ2) is 5.19. The molecule has 4 heteroatoms. The first-order chi connectivity index (χ1) is 7.74. The predicted octanol–water partition coefficient (Wildman–Crippen LogP) is 3.97. The third kappa shape index (κ3) is 3.12. The molecule has 1 heterocycles. The van der Waals surface area contributed by atoms with E-state index in [0.29, 0.717) is 22.7 Å². The van der Waals surface area contributed by atoms with Gasteiger partial charge in [-0.3, -0.25) is 0 Å². The van der Waals surface area contributed by atoms with Crippen molar-refractivity contribution in [3.63, 3.8) is 0 Å². The van der Waals surface area contributed by atoms with Gasteiger partial charge in [0.2, 0.25) is 5.88 Å². The summed E-state index contributed by atoms with van der Waals surface area (Å²) in [5.41, 5.74) is 0.995. The standard InChI is InChI=1S/C12H9Cl2NO/c13-10-4-1-3-9(7-10)8-16-12-6-2-5-11(14)15-12/h1-7H,8H2. The van der Waals surface area contributed by atoms with Crippen LogP contribution in [0.15, 0.2) is 42.5 Å². The molecule has 0 radical (unpaired) electrons. The van der Waals surface area contributed by atoms with Crippen LogP contribution in [-0.2, 0) is 6.61 Å². The topological polar surface area (TPSA) is 22.1 Å². The molecule has 2 rings (SSSR count). The molecule has 0 amide bonds. The molecule has 0 aliphatic carbocycles. The van der Waals surface area contributed by atoms with Crippen LogP contribution in [0.3, 0.4) is 0 Å². The quantitative estimate of drug-likeness (QED) is 0.773. The number of aromatic nitrogens is 1. The highest BCUT2D eigenvalue weighted by Crippen LogP contribution is 2.15. The highest BCUT2D eigenvalue weighted by Gasteiger charge is 1.98. The van der Waals surface area contributed by atoms with Gasteiger partial charge >= 0.3 is 0 Å². The van der Waals surface area contributed by atoms with Gasteiger partial charge in [0.25, 0.3) is 0 Å². The molecule has 16 heavy (non-hydrogen) atoms. The van der Waals surface area contributed by atoms with Crippen molar-refractivity contribution in [3.05, 3.63) is 58.2 Å². The molecule has 0 spiro atoms. The molecule has 2 nitrogen and oxygen atoms in total. The van der Waals surface area contributed by atoms with E-state index in [1.54, 1.807) is 18.2 Å². The minimum atomic E-state index is 0.420. The Bertz CT molecular complexity index is 442. The first-order valence-electron chi connectivity index (χ1n) is 4.74. The molecule has 0 aliphatic heterocycles. The minimum absolute atomic E-state index is 0.420. The van der Waals surface area contributed by atoms with Gasteiger partial charge in [-0.1, -0.05) is 41.4 Å². The van der Waals surface area contributed by atoms with Gasteiger partial charge in [-0.2, -0.15) is 0 Å². The van der Waals surface area contributed by atoms with Gasteiger partial charge in [-0.15, -0.1) is 0 Å². The molecule has 0 aliphatic rings. The van der Waals surface area contributed by atoms with E-state index in [4.69, 9.17) is 27.9 Å². The lowest BCUT2D eigenvalue weighted by Gasteiger charge is -2.05. The van der Waals surface area contributed by atoms with Gasteiger partial charge in [-0.25, -0.2) is 4.98 Å². The number of hydrogen-bond acceptors (Lipinski definition) is 2. The smallest absolute Gasteiger partial charge is 0.214 e. The average molecular weight is 254 g/mol. The Morgan fingerprint density at radius 1 is 1.06 bits per heavy atom. The van der Waals surface area contributed by atoms with Crippen molar-refractivity contribution in [2.75, 3.05) is 0 Å². The first-order valence-corrected chi connectivity index (χ1v) is 5.49. The molecule has 82 valence electrons. The molecule has 1 aromatic heterocycles. The second-order valence-corrected chi connectivity index (χ2v) is 4.04. The zero-order valence-electron chi connectivity index (χ0n) is 8.36. The molecule has 0 saturated heterocycles. The number of nitrogens with zero attached hydrogens (tertiary/aromatic N) is 1. The molecule has 0 saturated carbocycles. The molecule has 0 N–H and O–H groups in total. The van der Waals surface area contributed by atoms with Gasteiger partial charge in [-0.05, 0) is 23.8 Å². The summed E-state index contributed by atoms with van der Waals surface area (Å²) in [6, 6.07) is 12.8. The summed E-state index contributed by atoms with van der Waals surface area (Å²) in [4.78, 5) is 4.02. The third-order valence-electron chi connectivity index (χ3n) is 1.97. The number of ether oxygens (including phenoxy) is 1. The van der Waals surface area contributed by atoms with E-state index < -0.39 is 0 Å². The van der Waals surface area contributed by atoms with Crippen molar-refractivity contribution >= 4 is 23.2 Å². The van der Waals surface area contributed by atoms with Crippen molar-refractivity contribution < 1.29 is 4.74 Å². The van der Waals surface area contributed by atoms with Crippen LogP contribution in [0.1, 0.15) is 5.56 Å². The molecule has 2 aromatic rings. The van der Waals surface area contributed by atoms with Gasteiger partial charge in [0.1, 0.15) is 11.8 Å². The fraction of sp³-hybridized carbons (Fsp3) is 0.0833. The Kier molecular flexibility index (Phi) is 3.65. The van der Waals surface area contributed by atoms with Gasteiger partial charge in [0.15, 0.2) is 0 Å². The van der Waals surface area contributed by atoms with Crippen molar-refractivity contribution in [2.45, 2.75) is 6.61 Å². The van der Waals surface area contributed by atoms with Crippen LogP contribution in [0.2, 0.25) is 10.2 Å². The summed E-state index contributed by atoms with van der Waals surface area (Å²) in [5, 5.41) is 1.11. The van der Waals surface area contributed by atoms with E-state index in [0.717, 1.165) is 5.56 Å². The molecule has 0 unspecified atom stereocenters. The van der Waals surface area contributed by atoms with Crippen LogP contribution >= 0.6 is 23.2 Å². The van der Waals surface area contributed by atoms with Gasteiger partial charge in [0, 0.05) is 11.1 Å². The van der Waals surface area contributed by atoms with Crippen molar-refractivity contribution in [2.24, 2.45) is 0 Å². The average Bonchev–Trinajstić information content (AvgIpc) is 2.27. The van der Waals surface area contributed by atoms with Crippen LogP contribution in [0.25, 0.3) is 0 Å². The normalized spacial score (nSPS) is 10.1. The van der Waals surface area contributed by atoms with Crippen molar-refractivity contribution in [1.29, 1.82) is 0 Å². The van der Waals surface area contributed by atoms with E-state index in [1.807, 2.05) is 24.3 Å². The van der Waals surface area contributed by atoms with E-state index in [1.165, 1.54) is 0 Å². The van der Waals surface area contributed by atoms with Crippen LogP contribution in [0.5, 0.6) is 5.88 Å². The molecule has 0 atom stereocenters. The Balaban J connectivity index is 2.02. The van der Waals surface area contributed by atoms with Gasteiger partial charge < -0.3 is 4.74 Å². The summed E-state index contributed by atoms with van der Waals surface area (Å²) >= 11 is 11.6. The predicted molar refractivity (Wildman–Crippen MR) is 65.0 cm³/mol. The number of benzene rings is 1. The fourth-order valence-electron chi connectivity index (χ4n) is 1.25. The highest BCUT2D eigenvalue weighted by molar-refractivity contribution is 6.30. The maximum atomic E-state index is 5.86. The molecule has 1 aromatic carbocycles. The van der Waals surface area contributed by atoms with Crippen LogP contribution < -0.4 is 4.74 Å². The van der Waals surface area contributed by atoms with E-state index in [9.17, 15) is 0 Å². The highest BCUT2D eigenvalue weighted by atomic mass is 35.5.